The van der Waals surface area contributed by atoms with Gasteiger partial charge in [0.15, 0.2) is 0 Å². The summed E-state index contributed by atoms with van der Waals surface area (Å²) < 4.78 is 0. The van der Waals surface area contributed by atoms with Crippen LogP contribution >= 0.6 is 11.6 Å². The molecule has 0 atom stereocenters. The summed E-state index contributed by atoms with van der Waals surface area (Å²) in [5.74, 6) is 0.125. The summed E-state index contributed by atoms with van der Waals surface area (Å²) >= 11 is 6.01. The first-order chi connectivity index (χ1) is 7.70. The Hall–Kier alpha value is -1.80. The predicted molar refractivity (Wildman–Crippen MR) is 63.9 cm³/mol. The highest BCUT2D eigenvalue weighted by Gasteiger charge is 2.04. The van der Waals surface area contributed by atoms with Crippen LogP contribution in [0.1, 0.15) is 10.4 Å². The Morgan fingerprint density at radius 2 is 1.94 bits per heavy atom. The molecule has 2 rings (SSSR count). The number of benzene rings is 2. The van der Waals surface area contributed by atoms with Crippen molar-refractivity contribution in [1.29, 1.82) is 0 Å². The van der Waals surface area contributed by atoms with Crippen molar-refractivity contribution in [1.82, 2.24) is 0 Å². The zero-order chi connectivity index (χ0) is 11.5. The molecule has 80 valence electrons. The van der Waals surface area contributed by atoms with E-state index in [1.807, 2.05) is 6.07 Å². The number of phenolic OH excluding ortho intramolecular Hbond substituents is 1. The van der Waals surface area contributed by atoms with Crippen molar-refractivity contribution in [2.75, 3.05) is 0 Å². The molecule has 0 aromatic heterocycles. The molecule has 2 aromatic rings. The topological polar surface area (TPSA) is 37.3 Å². The second-order valence-electron chi connectivity index (χ2n) is 3.41. The van der Waals surface area contributed by atoms with Gasteiger partial charge in [-0.1, -0.05) is 29.8 Å². The van der Waals surface area contributed by atoms with Crippen LogP contribution in [0.3, 0.4) is 0 Å². The van der Waals surface area contributed by atoms with Gasteiger partial charge in [0.25, 0.3) is 0 Å². The number of carbonyl (C=O) groups is 1. The van der Waals surface area contributed by atoms with Crippen LogP contribution in [-0.2, 0) is 0 Å². The van der Waals surface area contributed by atoms with Gasteiger partial charge in [-0.2, -0.15) is 0 Å². The van der Waals surface area contributed by atoms with Crippen LogP contribution < -0.4 is 0 Å². The maximum Gasteiger partial charge on any atom is 0.150 e. The molecular weight excluding hydrogens is 224 g/mol. The first-order valence-electron chi connectivity index (χ1n) is 4.75. The summed E-state index contributed by atoms with van der Waals surface area (Å²) in [6.45, 7) is 0. The van der Waals surface area contributed by atoms with Crippen LogP contribution in [0.5, 0.6) is 5.75 Å². The van der Waals surface area contributed by atoms with Gasteiger partial charge in [-0.05, 0) is 29.8 Å². The van der Waals surface area contributed by atoms with Gasteiger partial charge >= 0.3 is 0 Å². The second-order valence-corrected chi connectivity index (χ2v) is 3.81. The molecular formula is C13H9ClO2. The number of halogens is 1. The zero-order valence-corrected chi connectivity index (χ0v) is 9.11. The Morgan fingerprint density at radius 3 is 2.62 bits per heavy atom. The minimum atomic E-state index is 0.125. The van der Waals surface area contributed by atoms with Crippen molar-refractivity contribution in [3.05, 3.63) is 53.1 Å². The molecule has 0 fully saturated rings. The Balaban J connectivity index is 2.53. The minimum absolute atomic E-state index is 0.125. The van der Waals surface area contributed by atoms with Crippen molar-refractivity contribution in [3.63, 3.8) is 0 Å². The van der Waals surface area contributed by atoms with Gasteiger partial charge in [-0.15, -0.1) is 0 Å². The van der Waals surface area contributed by atoms with Gasteiger partial charge in [0.05, 0.1) is 5.02 Å². The molecule has 2 nitrogen and oxygen atoms in total. The lowest BCUT2D eigenvalue weighted by Crippen LogP contribution is -1.83. The lowest BCUT2D eigenvalue weighted by Gasteiger charge is -2.05. The Bertz CT molecular complexity index is 535. The van der Waals surface area contributed by atoms with Crippen molar-refractivity contribution in [2.45, 2.75) is 0 Å². The van der Waals surface area contributed by atoms with E-state index in [2.05, 4.69) is 0 Å². The van der Waals surface area contributed by atoms with Crippen LogP contribution in [0, 0.1) is 0 Å². The van der Waals surface area contributed by atoms with Crippen LogP contribution in [0.2, 0.25) is 5.02 Å². The summed E-state index contributed by atoms with van der Waals surface area (Å²) in [6.07, 6.45) is 0.790. The molecule has 0 spiro atoms. The molecule has 1 N–H and O–H groups in total. The highest BCUT2D eigenvalue weighted by atomic mass is 35.5. The number of rotatable bonds is 2. The summed E-state index contributed by atoms with van der Waals surface area (Å²) in [5, 5.41) is 9.71. The molecule has 0 saturated heterocycles. The molecule has 0 aliphatic rings. The van der Waals surface area contributed by atoms with E-state index in [1.165, 1.54) is 6.07 Å². The van der Waals surface area contributed by atoms with Crippen LogP contribution in [-0.4, -0.2) is 11.4 Å². The maximum absolute atomic E-state index is 10.7. The van der Waals surface area contributed by atoms with E-state index in [4.69, 9.17) is 11.6 Å². The summed E-state index contributed by atoms with van der Waals surface area (Å²) in [5.41, 5.74) is 2.25. The molecule has 2 aromatic carbocycles. The van der Waals surface area contributed by atoms with E-state index < -0.39 is 0 Å². The van der Waals surface area contributed by atoms with E-state index >= 15 is 0 Å². The molecule has 0 radical (unpaired) electrons. The minimum Gasteiger partial charge on any atom is -0.508 e. The quantitative estimate of drug-likeness (QED) is 0.805. The van der Waals surface area contributed by atoms with E-state index in [0.717, 1.165) is 17.4 Å². The smallest absolute Gasteiger partial charge is 0.150 e. The van der Waals surface area contributed by atoms with Gasteiger partial charge in [0, 0.05) is 11.1 Å². The lowest BCUT2D eigenvalue weighted by atomic mass is 10.0. The molecule has 0 aliphatic carbocycles. The Kier molecular flexibility index (Phi) is 2.93. The number of phenols is 1. The standard InChI is InChI=1S/C13H9ClO2/c14-13-7-11(16)4-5-12(13)10-3-1-2-9(6-10)8-15/h1-8,16H. The number of aldehydes is 1. The average Bonchev–Trinajstić information content (AvgIpc) is 2.29. The normalized spacial score (nSPS) is 10.1. The third kappa shape index (κ3) is 2.07. The molecule has 3 heteroatoms. The first-order valence-corrected chi connectivity index (χ1v) is 5.12. The largest absolute Gasteiger partial charge is 0.508 e. The molecule has 0 aliphatic heterocycles. The monoisotopic (exact) mass is 232 g/mol. The van der Waals surface area contributed by atoms with Gasteiger partial charge in [-0.3, -0.25) is 4.79 Å². The average molecular weight is 233 g/mol. The zero-order valence-electron chi connectivity index (χ0n) is 8.35. The highest BCUT2D eigenvalue weighted by molar-refractivity contribution is 6.33. The van der Waals surface area contributed by atoms with Crippen LogP contribution in [0.15, 0.2) is 42.5 Å². The predicted octanol–water partition coefficient (Wildman–Crippen LogP) is 3.53. The highest BCUT2D eigenvalue weighted by Crippen LogP contribution is 2.30. The van der Waals surface area contributed by atoms with Crippen LogP contribution in [0.4, 0.5) is 0 Å². The molecule has 0 amide bonds. The van der Waals surface area contributed by atoms with Gasteiger partial charge < -0.3 is 5.11 Å². The van der Waals surface area contributed by atoms with Crippen molar-refractivity contribution >= 4 is 17.9 Å². The number of carbonyl (C=O) groups excluding carboxylic acids is 1. The molecule has 0 heterocycles. The Morgan fingerprint density at radius 1 is 1.12 bits per heavy atom. The SMILES string of the molecule is O=Cc1cccc(-c2ccc(O)cc2Cl)c1. The Labute approximate surface area is 98.1 Å². The van der Waals surface area contributed by atoms with Gasteiger partial charge in [0.2, 0.25) is 0 Å². The fourth-order valence-electron chi connectivity index (χ4n) is 1.52. The van der Waals surface area contributed by atoms with E-state index in [1.54, 1.807) is 30.3 Å². The van der Waals surface area contributed by atoms with Crippen molar-refractivity contribution in [3.8, 4) is 16.9 Å². The summed E-state index contributed by atoms with van der Waals surface area (Å²) in [4.78, 5) is 10.7. The maximum atomic E-state index is 10.7. The number of hydrogen-bond acceptors (Lipinski definition) is 2. The van der Waals surface area contributed by atoms with Crippen molar-refractivity contribution in [2.24, 2.45) is 0 Å². The van der Waals surface area contributed by atoms with Crippen LogP contribution in [0.25, 0.3) is 11.1 Å². The second kappa shape index (κ2) is 4.37. The third-order valence-corrected chi connectivity index (χ3v) is 2.60. The summed E-state index contributed by atoms with van der Waals surface area (Å²) in [6, 6.07) is 11.9. The van der Waals surface area contributed by atoms with Crippen molar-refractivity contribution < 1.29 is 9.90 Å². The number of hydrogen-bond donors (Lipinski definition) is 1. The molecule has 16 heavy (non-hydrogen) atoms. The summed E-state index contributed by atoms with van der Waals surface area (Å²) in [7, 11) is 0. The number of aromatic hydroxyl groups is 1. The van der Waals surface area contributed by atoms with Gasteiger partial charge in [-0.25, -0.2) is 0 Å². The fourth-order valence-corrected chi connectivity index (χ4v) is 1.80. The van der Waals surface area contributed by atoms with E-state index in [0.29, 0.717) is 10.6 Å². The molecule has 0 saturated carbocycles. The molecule has 0 unspecified atom stereocenters. The fraction of sp³-hybridized carbons (Fsp3) is 0. The first kappa shape index (κ1) is 10.7. The third-order valence-electron chi connectivity index (χ3n) is 2.29. The van der Waals surface area contributed by atoms with E-state index in [-0.39, 0.29) is 5.75 Å². The van der Waals surface area contributed by atoms with E-state index in [9.17, 15) is 9.90 Å². The molecule has 0 bridgehead atoms. The lowest BCUT2D eigenvalue weighted by molar-refractivity contribution is 0.112. The van der Waals surface area contributed by atoms with Gasteiger partial charge in [0.1, 0.15) is 12.0 Å².